The van der Waals surface area contributed by atoms with Crippen molar-refractivity contribution in [2.75, 3.05) is 0 Å². The second kappa shape index (κ2) is 10.5. The zero-order valence-electron chi connectivity index (χ0n) is 6.86. The zero-order valence-corrected chi connectivity index (χ0v) is 8.28. The van der Waals surface area contributed by atoms with Gasteiger partial charge >= 0.3 is 23.1 Å². The Hall–Kier alpha value is -0.544. The third kappa shape index (κ3) is 12.2. The Morgan fingerprint density at radius 2 is 1.75 bits per heavy atom. The van der Waals surface area contributed by atoms with Crippen molar-refractivity contribution in [1.29, 1.82) is 0 Å². The fourth-order valence-corrected chi connectivity index (χ4v) is 0.342. The predicted molar refractivity (Wildman–Crippen MR) is 48.6 cm³/mol. The molecule has 1 N–H and O–H groups in total. The number of hydrogen-bond acceptors (Lipinski definition) is 1. The summed E-state index contributed by atoms with van der Waals surface area (Å²) in [6.45, 7) is 3.09. The molecule has 0 bridgehead atoms. The normalized spacial score (nSPS) is 7.08. The summed E-state index contributed by atoms with van der Waals surface area (Å²) < 4.78 is 0. The van der Waals surface area contributed by atoms with E-state index in [-0.39, 0.29) is 29.5 Å². The van der Waals surface area contributed by atoms with E-state index in [1.54, 1.807) is 0 Å². The Kier molecular flexibility index (Phi) is 12.2. The van der Waals surface area contributed by atoms with Gasteiger partial charge in [-0.3, -0.25) is 4.79 Å². The van der Waals surface area contributed by atoms with E-state index in [2.05, 4.69) is 13.0 Å². The quantitative estimate of drug-likeness (QED) is 0.516. The summed E-state index contributed by atoms with van der Waals surface area (Å²) in [5.74, 6) is -0.856. The molecule has 0 heterocycles. The van der Waals surface area contributed by atoms with Crippen LogP contribution >= 0.6 is 0 Å². The van der Waals surface area contributed by atoms with Gasteiger partial charge < -0.3 is 12.0 Å². The summed E-state index contributed by atoms with van der Waals surface area (Å²) in [7, 11) is 0. The van der Waals surface area contributed by atoms with Crippen molar-refractivity contribution in [3.05, 3.63) is 43.3 Å². The van der Waals surface area contributed by atoms with Gasteiger partial charge in [0.05, 0.1) is 0 Å². The van der Waals surface area contributed by atoms with Crippen LogP contribution in [0.3, 0.4) is 0 Å². The number of benzene rings is 1. The molecule has 1 aromatic rings. The van der Waals surface area contributed by atoms with Crippen molar-refractivity contribution < 1.29 is 9.90 Å². The van der Waals surface area contributed by atoms with Crippen LogP contribution in [0.5, 0.6) is 0 Å². The van der Waals surface area contributed by atoms with Crippen LogP contribution in [0.4, 0.5) is 0 Å². The van der Waals surface area contributed by atoms with Crippen LogP contribution in [0.2, 0.25) is 0 Å². The number of hydrogen-bond donors (Lipinski definition) is 1. The van der Waals surface area contributed by atoms with Crippen LogP contribution in [0.15, 0.2) is 30.3 Å². The minimum absolute atomic E-state index is 0. The number of carboxylic acids is 1. The average Bonchev–Trinajstić information content (AvgIpc) is 2.09. The SMILES string of the molecule is [CH2-]CC(=O)O.[Mg+2].[c-]1ccccc1. The van der Waals surface area contributed by atoms with E-state index in [9.17, 15) is 4.79 Å². The van der Waals surface area contributed by atoms with Crippen molar-refractivity contribution in [2.24, 2.45) is 0 Å². The first-order valence-electron chi connectivity index (χ1n) is 3.19. The van der Waals surface area contributed by atoms with Gasteiger partial charge in [0, 0.05) is 0 Å². The molecule has 0 aliphatic rings. The molecule has 0 aromatic heterocycles. The summed E-state index contributed by atoms with van der Waals surface area (Å²) in [5, 5.41) is 7.66. The van der Waals surface area contributed by atoms with Gasteiger partial charge in [-0.2, -0.15) is 36.4 Å². The molecule has 0 saturated carbocycles. The molecular formula is C9H10MgO2. The number of carboxylic acid groups (broad SMARTS) is 1. The zero-order chi connectivity index (χ0) is 8.53. The van der Waals surface area contributed by atoms with Crippen LogP contribution in [0.1, 0.15) is 6.42 Å². The molecule has 0 aliphatic heterocycles. The first kappa shape index (κ1) is 14.0. The van der Waals surface area contributed by atoms with Gasteiger partial charge in [-0.25, -0.2) is 0 Å². The standard InChI is InChI=1S/C6H5.C3H5O2.Mg/c1-2-4-6-5-3-1;1-2-3(4)5;/h1-5H;1-2H2,(H,4,5);/q2*-1;+2. The third-order valence-corrected chi connectivity index (χ3v) is 0.821. The van der Waals surface area contributed by atoms with Gasteiger partial charge in [0.25, 0.3) is 5.97 Å². The number of rotatable bonds is 1. The van der Waals surface area contributed by atoms with Crippen LogP contribution < -0.4 is 0 Å². The van der Waals surface area contributed by atoms with Gasteiger partial charge in [0.15, 0.2) is 0 Å². The maximum Gasteiger partial charge on any atom is 2.00 e. The van der Waals surface area contributed by atoms with E-state index in [1.165, 1.54) is 0 Å². The minimum atomic E-state index is -0.856. The van der Waals surface area contributed by atoms with Gasteiger partial charge in [0.1, 0.15) is 0 Å². The van der Waals surface area contributed by atoms with Gasteiger partial charge in [-0.15, -0.1) is 0 Å². The molecule has 0 saturated heterocycles. The molecule has 0 amide bonds. The van der Waals surface area contributed by atoms with Crippen LogP contribution in [0, 0.1) is 13.0 Å². The molecule has 1 rings (SSSR count). The van der Waals surface area contributed by atoms with Crippen molar-refractivity contribution in [2.45, 2.75) is 6.42 Å². The molecule has 1 aromatic carbocycles. The van der Waals surface area contributed by atoms with Crippen molar-refractivity contribution >= 4 is 29.0 Å². The smallest absolute Gasteiger partial charge is 0.483 e. The van der Waals surface area contributed by atoms with E-state index < -0.39 is 5.97 Å². The monoisotopic (exact) mass is 174 g/mol. The Balaban J connectivity index is 0. The first-order chi connectivity index (χ1) is 5.27. The van der Waals surface area contributed by atoms with Crippen LogP contribution in [0.25, 0.3) is 0 Å². The molecule has 0 atom stereocenters. The summed E-state index contributed by atoms with van der Waals surface area (Å²) in [5.41, 5.74) is 0. The molecule has 0 aliphatic carbocycles. The Labute approximate surface area is 88.8 Å². The largest absolute Gasteiger partial charge is 2.00 e. The molecule has 60 valence electrons. The maximum absolute atomic E-state index is 9.31. The third-order valence-electron chi connectivity index (χ3n) is 0.821. The second-order valence-electron chi connectivity index (χ2n) is 1.72. The van der Waals surface area contributed by atoms with Crippen LogP contribution in [-0.4, -0.2) is 34.1 Å². The van der Waals surface area contributed by atoms with E-state index in [0.717, 1.165) is 0 Å². The summed E-state index contributed by atoms with van der Waals surface area (Å²) in [6.07, 6.45) is -0.0278. The molecule has 0 unspecified atom stereocenters. The predicted octanol–water partition coefficient (Wildman–Crippen LogP) is 1.40. The van der Waals surface area contributed by atoms with Crippen molar-refractivity contribution in [3.8, 4) is 0 Å². The summed E-state index contributed by atoms with van der Waals surface area (Å²) in [6, 6.07) is 12.5. The molecule has 2 nitrogen and oxygen atoms in total. The molecule has 0 spiro atoms. The minimum Gasteiger partial charge on any atom is -0.483 e. The van der Waals surface area contributed by atoms with Crippen molar-refractivity contribution in [3.63, 3.8) is 0 Å². The average molecular weight is 174 g/mol. The second-order valence-corrected chi connectivity index (χ2v) is 1.72. The number of carbonyl (C=O) groups is 1. The number of aliphatic carboxylic acids is 1. The Bertz CT molecular complexity index is 160. The van der Waals surface area contributed by atoms with E-state index in [0.29, 0.717) is 0 Å². The van der Waals surface area contributed by atoms with E-state index >= 15 is 0 Å². The topological polar surface area (TPSA) is 37.3 Å². The molecule has 0 radical (unpaired) electrons. The Morgan fingerprint density at radius 1 is 1.33 bits per heavy atom. The van der Waals surface area contributed by atoms with Gasteiger partial charge in [-0.1, -0.05) is 6.42 Å². The fraction of sp³-hybridized carbons (Fsp3) is 0.111. The van der Waals surface area contributed by atoms with Gasteiger partial charge in [-0.05, 0) is 0 Å². The maximum atomic E-state index is 9.31. The van der Waals surface area contributed by atoms with Gasteiger partial charge in [0.2, 0.25) is 0 Å². The first-order valence-corrected chi connectivity index (χ1v) is 3.19. The summed E-state index contributed by atoms with van der Waals surface area (Å²) >= 11 is 0. The van der Waals surface area contributed by atoms with Crippen molar-refractivity contribution in [1.82, 2.24) is 0 Å². The Morgan fingerprint density at radius 3 is 1.83 bits per heavy atom. The summed E-state index contributed by atoms with van der Waals surface area (Å²) in [4.78, 5) is 9.31. The molecule has 3 heteroatoms. The van der Waals surface area contributed by atoms with Crippen LogP contribution in [-0.2, 0) is 4.79 Å². The fourth-order valence-electron chi connectivity index (χ4n) is 0.342. The van der Waals surface area contributed by atoms with E-state index in [4.69, 9.17) is 5.11 Å². The van der Waals surface area contributed by atoms with E-state index in [1.807, 2.05) is 30.3 Å². The molecule has 0 fully saturated rings. The molecule has 12 heavy (non-hydrogen) atoms. The molecular weight excluding hydrogens is 164 g/mol.